The highest BCUT2D eigenvalue weighted by atomic mass is 16.5. The third-order valence-corrected chi connectivity index (χ3v) is 7.14. The average molecular weight is 492 g/mol. The lowest BCUT2D eigenvalue weighted by atomic mass is 9.96. The first kappa shape index (κ1) is 23.2. The number of aromatic amines is 1. The molecule has 6 rings (SSSR count). The Morgan fingerprint density at radius 2 is 1.97 bits per heavy atom. The Morgan fingerprint density at radius 1 is 1.11 bits per heavy atom. The van der Waals surface area contributed by atoms with Crippen LogP contribution in [0.3, 0.4) is 0 Å². The number of imidazole rings is 1. The SMILES string of the molecule is CCc1nc2c(C)cc(C=CCOC)nc2n1[C@H]1CCc2cc(-c3ccccc3-c3nnn[nH]3)ccc21. The summed E-state index contributed by atoms with van der Waals surface area (Å²) in [6.45, 7) is 4.85. The van der Waals surface area contributed by atoms with Crippen LogP contribution in [-0.4, -0.2) is 48.9 Å². The van der Waals surface area contributed by atoms with E-state index in [1.807, 2.05) is 24.3 Å². The minimum Gasteiger partial charge on any atom is -0.381 e. The van der Waals surface area contributed by atoms with E-state index in [9.17, 15) is 0 Å². The zero-order valence-corrected chi connectivity index (χ0v) is 21.3. The number of hydrogen-bond donors (Lipinski definition) is 1. The van der Waals surface area contributed by atoms with Crippen molar-refractivity contribution in [3.8, 4) is 22.5 Å². The smallest absolute Gasteiger partial charge is 0.180 e. The standard InChI is InChI=1S/C29H29N7O/c1-4-26-31-27-18(2)16-21(8-7-15-37-3)30-29(27)36(26)25-14-12-20-17-19(11-13-23(20)25)22-9-5-6-10-24(22)28-32-34-35-33-28/h5-11,13,16-17,25H,4,12,14-15H2,1-3H3,(H,32,33,34,35)/t25-/m0/s1. The Bertz CT molecular complexity index is 1600. The molecule has 186 valence electrons. The summed E-state index contributed by atoms with van der Waals surface area (Å²) in [5.74, 6) is 1.75. The number of benzene rings is 2. The second-order valence-corrected chi connectivity index (χ2v) is 9.41. The molecule has 0 saturated heterocycles. The van der Waals surface area contributed by atoms with Gasteiger partial charge in [0.15, 0.2) is 11.5 Å². The molecule has 1 N–H and O–H groups in total. The second kappa shape index (κ2) is 9.71. The van der Waals surface area contributed by atoms with Gasteiger partial charge in [-0.3, -0.25) is 0 Å². The van der Waals surface area contributed by atoms with Crippen LogP contribution in [0.4, 0.5) is 0 Å². The van der Waals surface area contributed by atoms with Crippen LogP contribution in [0.2, 0.25) is 0 Å². The summed E-state index contributed by atoms with van der Waals surface area (Å²) in [6, 6.07) is 17.3. The maximum absolute atomic E-state index is 5.17. The molecule has 2 aromatic carbocycles. The number of pyridine rings is 1. The largest absolute Gasteiger partial charge is 0.381 e. The molecule has 0 spiro atoms. The van der Waals surface area contributed by atoms with Crippen LogP contribution in [-0.2, 0) is 17.6 Å². The molecule has 1 aliphatic carbocycles. The van der Waals surface area contributed by atoms with Crippen LogP contribution in [0.25, 0.3) is 39.8 Å². The van der Waals surface area contributed by atoms with Gasteiger partial charge in [-0.1, -0.05) is 55.5 Å². The summed E-state index contributed by atoms with van der Waals surface area (Å²) in [5, 5.41) is 14.5. The van der Waals surface area contributed by atoms with Gasteiger partial charge in [0.25, 0.3) is 0 Å². The molecule has 1 aliphatic rings. The lowest BCUT2D eigenvalue weighted by molar-refractivity contribution is 0.234. The number of methoxy groups -OCH3 is 1. The zero-order valence-electron chi connectivity index (χ0n) is 21.3. The van der Waals surface area contributed by atoms with Gasteiger partial charge >= 0.3 is 0 Å². The summed E-state index contributed by atoms with van der Waals surface area (Å²) in [7, 11) is 1.70. The maximum atomic E-state index is 5.17. The van der Waals surface area contributed by atoms with E-state index in [1.54, 1.807) is 7.11 Å². The predicted molar refractivity (Wildman–Crippen MR) is 144 cm³/mol. The zero-order chi connectivity index (χ0) is 25.4. The van der Waals surface area contributed by atoms with Gasteiger partial charge in [-0.2, -0.15) is 0 Å². The number of aryl methyl sites for hydroxylation is 3. The van der Waals surface area contributed by atoms with Gasteiger partial charge in [0.2, 0.25) is 0 Å². The first-order chi connectivity index (χ1) is 18.2. The summed E-state index contributed by atoms with van der Waals surface area (Å²) in [4.78, 5) is 10.1. The Labute approximate surface area is 215 Å². The summed E-state index contributed by atoms with van der Waals surface area (Å²) < 4.78 is 7.54. The molecule has 0 fully saturated rings. The molecule has 8 heteroatoms. The van der Waals surface area contributed by atoms with E-state index < -0.39 is 0 Å². The fourth-order valence-corrected chi connectivity index (χ4v) is 5.46. The number of hydrogen-bond acceptors (Lipinski definition) is 6. The van der Waals surface area contributed by atoms with Crippen molar-refractivity contribution in [3.63, 3.8) is 0 Å². The van der Waals surface area contributed by atoms with Crippen LogP contribution in [0, 0.1) is 6.92 Å². The molecule has 0 radical (unpaired) electrons. The molecule has 3 aromatic heterocycles. The lowest BCUT2D eigenvalue weighted by Crippen LogP contribution is -2.11. The molecular weight excluding hydrogens is 462 g/mol. The highest BCUT2D eigenvalue weighted by molar-refractivity contribution is 5.81. The van der Waals surface area contributed by atoms with Crippen LogP contribution in [0.15, 0.2) is 54.6 Å². The minimum atomic E-state index is 0.211. The van der Waals surface area contributed by atoms with Crippen molar-refractivity contribution in [2.75, 3.05) is 13.7 Å². The van der Waals surface area contributed by atoms with Crippen molar-refractivity contribution >= 4 is 17.2 Å². The molecule has 8 nitrogen and oxygen atoms in total. The Kier molecular flexibility index (Phi) is 6.10. The van der Waals surface area contributed by atoms with Crippen molar-refractivity contribution < 1.29 is 4.74 Å². The maximum Gasteiger partial charge on any atom is 0.180 e. The number of rotatable bonds is 7. The molecule has 0 saturated carbocycles. The van der Waals surface area contributed by atoms with Gasteiger partial charge < -0.3 is 9.30 Å². The highest BCUT2D eigenvalue weighted by Gasteiger charge is 2.29. The monoisotopic (exact) mass is 491 g/mol. The van der Waals surface area contributed by atoms with Crippen LogP contribution in [0.1, 0.15) is 47.6 Å². The third-order valence-electron chi connectivity index (χ3n) is 7.14. The normalized spacial score (nSPS) is 15.2. The van der Waals surface area contributed by atoms with E-state index in [2.05, 4.69) is 75.4 Å². The van der Waals surface area contributed by atoms with Crippen molar-refractivity contribution in [2.24, 2.45) is 0 Å². The van der Waals surface area contributed by atoms with Gasteiger partial charge in [-0.15, -0.1) is 5.10 Å². The van der Waals surface area contributed by atoms with Gasteiger partial charge in [0.1, 0.15) is 11.3 Å². The number of fused-ring (bicyclic) bond motifs is 2. The predicted octanol–water partition coefficient (Wildman–Crippen LogP) is 5.34. The Morgan fingerprint density at radius 3 is 2.76 bits per heavy atom. The van der Waals surface area contributed by atoms with Crippen LogP contribution < -0.4 is 0 Å². The van der Waals surface area contributed by atoms with E-state index in [-0.39, 0.29) is 6.04 Å². The summed E-state index contributed by atoms with van der Waals surface area (Å²) >= 11 is 0. The fraction of sp³-hybridized carbons (Fsp3) is 0.276. The van der Waals surface area contributed by atoms with Crippen molar-refractivity contribution in [1.29, 1.82) is 0 Å². The Hall–Kier alpha value is -4.17. The van der Waals surface area contributed by atoms with Gasteiger partial charge in [-0.05, 0) is 70.2 Å². The number of nitrogens with zero attached hydrogens (tertiary/aromatic N) is 6. The van der Waals surface area contributed by atoms with E-state index in [1.165, 1.54) is 11.1 Å². The van der Waals surface area contributed by atoms with Gasteiger partial charge in [-0.25, -0.2) is 15.1 Å². The number of H-pyrrole nitrogens is 1. The first-order valence-corrected chi connectivity index (χ1v) is 12.7. The number of tetrazole rings is 1. The van der Waals surface area contributed by atoms with E-state index in [0.717, 1.165) is 64.2 Å². The molecule has 0 bridgehead atoms. The van der Waals surface area contributed by atoms with Crippen molar-refractivity contribution in [3.05, 3.63) is 82.8 Å². The van der Waals surface area contributed by atoms with Gasteiger partial charge in [0, 0.05) is 19.1 Å². The number of nitrogens with one attached hydrogen (secondary N) is 1. The Balaban J connectivity index is 1.42. The lowest BCUT2D eigenvalue weighted by Gasteiger charge is -2.18. The van der Waals surface area contributed by atoms with Crippen molar-refractivity contribution in [1.82, 2.24) is 35.2 Å². The molecular formula is C29H29N7O. The molecule has 37 heavy (non-hydrogen) atoms. The average Bonchev–Trinajstić information content (AvgIpc) is 3.67. The summed E-state index contributed by atoms with van der Waals surface area (Å²) in [5.41, 5.74) is 9.99. The van der Waals surface area contributed by atoms with Crippen molar-refractivity contribution in [2.45, 2.75) is 39.2 Å². The quantitative estimate of drug-likeness (QED) is 0.330. The number of aromatic nitrogens is 7. The number of ether oxygens (including phenoxy) is 1. The molecule has 0 amide bonds. The third kappa shape index (κ3) is 4.13. The van der Waals surface area contributed by atoms with Crippen LogP contribution >= 0.6 is 0 Å². The molecule has 1 atom stereocenters. The van der Waals surface area contributed by atoms with Crippen LogP contribution in [0.5, 0.6) is 0 Å². The van der Waals surface area contributed by atoms with E-state index >= 15 is 0 Å². The fourth-order valence-electron chi connectivity index (χ4n) is 5.46. The summed E-state index contributed by atoms with van der Waals surface area (Å²) in [6.07, 6.45) is 6.90. The van der Waals surface area contributed by atoms with E-state index in [4.69, 9.17) is 14.7 Å². The second-order valence-electron chi connectivity index (χ2n) is 9.41. The van der Waals surface area contributed by atoms with E-state index in [0.29, 0.717) is 12.4 Å². The molecule has 0 unspecified atom stereocenters. The molecule has 5 aromatic rings. The topological polar surface area (TPSA) is 94.4 Å². The molecule has 0 aliphatic heterocycles. The molecule has 3 heterocycles. The minimum absolute atomic E-state index is 0.211. The highest BCUT2D eigenvalue weighted by Crippen LogP contribution is 2.40. The first-order valence-electron chi connectivity index (χ1n) is 12.7. The van der Waals surface area contributed by atoms with Gasteiger partial charge in [0.05, 0.1) is 18.3 Å².